The van der Waals surface area contributed by atoms with Crippen LogP contribution in [0.3, 0.4) is 0 Å². The van der Waals surface area contributed by atoms with E-state index in [-0.39, 0.29) is 18.4 Å². The molecule has 2 N–H and O–H groups in total. The summed E-state index contributed by atoms with van der Waals surface area (Å²) in [6, 6.07) is 5.75. The summed E-state index contributed by atoms with van der Waals surface area (Å²) in [4.78, 5) is 23.0. The Bertz CT molecular complexity index is 486. The van der Waals surface area contributed by atoms with Crippen molar-refractivity contribution in [3.05, 3.63) is 29.3 Å². The molecule has 2 amide bonds. The monoisotopic (exact) mass is 292 g/mol. The van der Waals surface area contributed by atoms with E-state index in [1.165, 1.54) is 0 Å². The first-order chi connectivity index (χ1) is 10.0. The summed E-state index contributed by atoms with van der Waals surface area (Å²) in [6.45, 7) is 5.87. The highest BCUT2D eigenvalue weighted by Crippen LogP contribution is 2.18. The van der Waals surface area contributed by atoms with Gasteiger partial charge in [0.25, 0.3) is 5.91 Å². The van der Waals surface area contributed by atoms with Gasteiger partial charge in [0.2, 0.25) is 5.91 Å². The summed E-state index contributed by atoms with van der Waals surface area (Å²) in [7, 11) is 0. The Morgan fingerprint density at radius 2 is 1.81 bits per heavy atom. The molecule has 5 heteroatoms. The fourth-order valence-corrected chi connectivity index (χ4v) is 1.88. The summed E-state index contributed by atoms with van der Waals surface area (Å²) in [5.74, 6) is 0.118. The molecule has 0 atom stereocenters. The second-order valence-electron chi connectivity index (χ2n) is 5.11. The van der Waals surface area contributed by atoms with Gasteiger partial charge in [0, 0.05) is 6.42 Å². The molecule has 0 fully saturated rings. The van der Waals surface area contributed by atoms with Crippen molar-refractivity contribution in [3.63, 3.8) is 0 Å². The fourth-order valence-electron chi connectivity index (χ4n) is 1.88. The molecule has 0 aromatic heterocycles. The average Bonchev–Trinajstić information content (AvgIpc) is 2.44. The van der Waals surface area contributed by atoms with E-state index >= 15 is 0 Å². The quantitative estimate of drug-likeness (QED) is 0.599. The molecule has 0 saturated heterocycles. The zero-order valence-corrected chi connectivity index (χ0v) is 13.0. The fraction of sp³-hybridized carbons (Fsp3) is 0.500. The Labute approximate surface area is 126 Å². The Morgan fingerprint density at radius 1 is 1.10 bits per heavy atom. The molecule has 5 nitrogen and oxygen atoms in total. The second kappa shape index (κ2) is 9.00. The molecular formula is C16H24N2O3. The van der Waals surface area contributed by atoms with Gasteiger partial charge in [0.05, 0.1) is 0 Å². The summed E-state index contributed by atoms with van der Waals surface area (Å²) in [5, 5.41) is 0. The van der Waals surface area contributed by atoms with Gasteiger partial charge >= 0.3 is 0 Å². The van der Waals surface area contributed by atoms with Gasteiger partial charge < -0.3 is 4.74 Å². The van der Waals surface area contributed by atoms with Crippen LogP contribution in [0.2, 0.25) is 0 Å². The van der Waals surface area contributed by atoms with Crippen molar-refractivity contribution >= 4 is 11.8 Å². The Kier molecular flexibility index (Phi) is 7.29. The van der Waals surface area contributed by atoms with Crippen molar-refractivity contribution in [3.8, 4) is 5.75 Å². The smallest absolute Gasteiger partial charge is 0.276 e. The van der Waals surface area contributed by atoms with Gasteiger partial charge in [0.15, 0.2) is 6.61 Å². The lowest BCUT2D eigenvalue weighted by atomic mass is 10.1. The Hall–Kier alpha value is -2.04. The van der Waals surface area contributed by atoms with Crippen LogP contribution in [-0.2, 0) is 9.59 Å². The van der Waals surface area contributed by atoms with E-state index in [9.17, 15) is 9.59 Å². The molecule has 0 spiro atoms. The molecule has 0 radical (unpaired) electrons. The third-order valence-electron chi connectivity index (χ3n) is 3.04. The highest BCUT2D eigenvalue weighted by molar-refractivity contribution is 5.82. The summed E-state index contributed by atoms with van der Waals surface area (Å²) in [5.41, 5.74) is 6.85. The molecule has 1 rings (SSSR count). The zero-order valence-electron chi connectivity index (χ0n) is 13.0. The van der Waals surface area contributed by atoms with E-state index in [4.69, 9.17) is 4.74 Å². The lowest BCUT2D eigenvalue weighted by Crippen LogP contribution is -2.43. The number of rotatable bonds is 7. The molecule has 0 aliphatic rings. The molecule has 116 valence electrons. The Morgan fingerprint density at radius 3 is 2.48 bits per heavy atom. The number of carbonyl (C=O) groups excluding carboxylic acids is 2. The van der Waals surface area contributed by atoms with Crippen molar-refractivity contribution in [2.75, 3.05) is 6.61 Å². The van der Waals surface area contributed by atoms with E-state index in [0.29, 0.717) is 12.2 Å². The standard InChI is InChI=1S/C16H24N2O3/c1-4-5-6-7-15(19)17-18-16(20)11-21-14-9-8-12(2)10-13(14)3/h8-10H,4-7,11H2,1-3H3,(H,17,19)(H,18,20). The maximum Gasteiger partial charge on any atom is 0.276 e. The summed E-state index contributed by atoms with van der Waals surface area (Å²) < 4.78 is 5.42. The van der Waals surface area contributed by atoms with Crippen molar-refractivity contribution in [1.82, 2.24) is 10.9 Å². The largest absolute Gasteiger partial charge is 0.483 e. The number of ether oxygens (including phenoxy) is 1. The van der Waals surface area contributed by atoms with Gasteiger partial charge in [-0.15, -0.1) is 0 Å². The molecule has 0 heterocycles. The minimum atomic E-state index is -0.376. The number of hydrazine groups is 1. The molecular weight excluding hydrogens is 268 g/mol. The second-order valence-corrected chi connectivity index (χ2v) is 5.11. The van der Waals surface area contributed by atoms with Gasteiger partial charge in [-0.25, -0.2) is 0 Å². The van der Waals surface area contributed by atoms with E-state index in [2.05, 4.69) is 17.8 Å². The third-order valence-corrected chi connectivity index (χ3v) is 3.04. The van der Waals surface area contributed by atoms with Crippen molar-refractivity contribution in [2.24, 2.45) is 0 Å². The van der Waals surface area contributed by atoms with Crippen molar-refractivity contribution in [1.29, 1.82) is 0 Å². The minimum absolute atomic E-state index is 0.126. The lowest BCUT2D eigenvalue weighted by molar-refractivity contribution is -0.130. The maximum atomic E-state index is 11.6. The first kappa shape index (κ1) is 17.0. The molecule has 0 saturated carbocycles. The van der Waals surface area contributed by atoms with Gasteiger partial charge in [-0.2, -0.15) is 0 Å². The first-order valence-electron chi connectivity index (χ1n) is 7.30. The number of carbonyl (C=O) groups is 2. The number of unbranched alkanes of at least 4 members (excludes halogenated alkanes) is 2. The Balaban J connectivity index is 2.26. The van der Waals surface area contributed by atoms with Crippen molar-refractivity contribution in [2.45, 2.75) is 46.5 Å². The van der Waals surface area contributed by atoms with Crippen molar-refractivity contribution < 1.29 is 14.3 Å². The maximum absolute atomic E-state index is 11.6. The SMILES string of the molecule is CCCCCC(=O)NNC(=O)COc1ccc(C)cc1C. The van der Waals surface area contributed by atoms with Crippen LogP contribution in [-0.4, -0.2) is 18.4 Å². The van der Waals surface area contributed by atoms with E-state index in [1.54, 1.807) is 0 Å². The van der Waals surface area contributed by atoms with Gasteiger partial charge in [0.1, 0.15) is 5.75 Å². The predicted octanol–water partition coefficient (Wildman–Crippen LogP) is 2.41. The normalized spacial score (nSPS) is 10.0. The van der Waals surface area contributed by atoms with Crippen LogP contribution >= 0.6 is 0 Å². The minimum Gasteiger partial charge on any atom is -0.483 e. The number of hydrogen-bond donors (Lipinski definition) is 2. The number of nitrogens with one attached hydrogen (secondary N) is 2. The molecule has 0 unspecified atom stereocenters. The molecule has 0 bridgehead atoms. The van der Waals surface area contributed by atoms with E-state index in [1.807, 2.05) is 32.0 Å². The summed E-state index contributed by atoms with van der Waals surface area (Å²) >= 11 is 0. The highest BCUT2D eigenvalue weighted by Gasteiger charge is 2.06. The number of hydrogen-bond acceptors (Lipinski definition) is 3. The number of amides is 2. The van der Waals surface area contributed by atoms with Crippen LogP contribution < -0.4 is 15.6 Å². The van der Waals surface area contributed by atoms with Gasteiger partial charge in [-0.3, -0.25) is 20.4 Å². The van der Waals surface area contributed by atoms with Crippen LogP contribution in [0, 0.1) is 13.8 Å². The molecule has 1 aromatic carbocycles. The van der Waals surface area contributed by atoms with Crippen LogP contribution in [0.4, 0.5) is 0 Å². The molecule has 0 aliphatic carbocycles. The zero-order chi connectivity index (χ0) is 15.7. The van der Waals surface area contributed by atoms with Gasteiger partial charge in [-0.1, -0.05) is 37.5 Å². The third kappa shape index (κ3) is 6.79. The average molecular weight is 292 g/mol. The highest BCUT2D eigenvalue weighted by atomic mass is 16.5. The first-order valence-corrected chi connectivity index (χ1v) is 7.30. The van der Waals surface area contributed by atoms with Crippen LogP contribution in [0.25, 0.3) is 0 Å². The molecule has 0 aliphatic heterocycles. The van der Waals surface area contributed by atoms with Crippen LogP contribution in [0.5, 0.6) is 5.75 Å². The predicted molar refractivity (Wildman–Crippen MR) is 81.8 cm³/mol. The number of aryl methyl sites for hydroxylation is 2. The molecule has 1 aromatic rings. The van der Waals surface area contributed by atoms with Gasteiger partial charge in [-0.05, 0) is 31.9 Å². The number of benzene rings is 1. The van der Waals surface area contributed by atoms with Crippen LogP contribution in [0.15, 0.2) is 18.2 Å². The van der Waals surface area contributed by atoms with E-state index < -0.39 is 0 Å². The summed E-state index contributed by atoms with van der Waals surface area (Å²) in [6.07, 6.45) is 3.32. The van der Waals surface area contributed by atoms with Crippen LogP contribution in [0.1, 0.15) is 43.7 Å². The lowest BCUT2D eigenvalue weighted by Gasteiger charge is -2.10. The topological polar surface area (TPSA) is 67.4 Å². The van der Waals surface area contributed by atoms with E-state index in [0.717, 1.165) is 30.4 Å². The molecule has 21 heavy (non-hydrogen) atoms.